The normalized spacial score (nSPS) is 19.8. The number of carbonyl (C=O) groups excluding carboxylic acids is 1. The van der Waals surface area contributed by atoms with Crippen LogP contribution < -0.4 is 9.62 Å². The van der Waals surface area contributed by atoms with Crippen molar-refractivity contribution in [3.63, 3.8) is 0 Å². The average Bonchev–Trinajstić information content (AvgIpc) is 2.99. The lowest BCUT2D eigenvalue weighted by atomic mass is 9.92. The number of hydrogen-bond acceptors (Lipinski definition) is 4. The molecule has 31 heavy (non-hydrogen) atoms. The number of amides is 1. The van der Waals surface area contributed by atoms with E-state index in [1.54, 1.807) is 35.1 Å². The summed E-state index contributed by atoms with van der Waals surface area (Å²) in [5.74, 6) is -1.41. The first-order valence-electron chi connectivity index (χ1n) is 9.07. The molecule has 0 saturated heterocycles. The first-order chi connectivity index (χ1) is 14.7. The molecule has 3 aromatic rings. The summed E-state index contributed by atoms with van der Waals surface area (Å²) in [5, 5.41) is 0. The largest absolute Gasteiger partial charge is 0.421 e. The number of alkyl halides is 3. The highest BCUT2D eigenvalue weighted by molar-refractivity contribution is 7.99. The number of hydrogen-bond donors (Lipinski definition) is 1. The molecule has 1 unspecified atom stereocenters. The minimum Gasteiger partial charge on any atom is -0.276 e. The maximum absolute atomic E-state index is 14.6. The zero-order valence-corrected chi connectivity index (χ0v) is 17.2. The number of nitrogens with one attached hydrogen (secondary N) is 1. The Hall–Kier alpha value is -2.82. The minimum atomic E-state index is -5.24. The SMILES string of the molecule is O=C1N2c3ccccc3Sc3cccc(c32)C1(NS(=O)(=O)c1ccccc1)C(F)(F)F. The standard InChI is InChI=1S/C21H13F3N2O3S2/c22-21(23,24)20(25-31(28,29)13-7-2-1-3-8-13)14-9-6-12-17-18(14)26(19(20)27)15-10-4-5-11-16(15)30-17/h1-12,25H. The summed E-state index contributed by atoms with van der Waals surface area (Å²) in [4.78, 5) is 15.1. The van der Waals surface area contributed by atoms with Crippen molar-refractivity contribution in [1.82, 2.24) is 4.72 Å². The van der Waals surface area contributed by atoms with Crippen molar-refractivity contribution < 1.29 is 26.4 Å². The Morgan fingerprint density at radius 2 is 1.52 bits per heavy atom. The van der Waals surface area contributed by atoms with Gasteiger partial charge in [0, 0.05) is 15.4 Å². The highest BCUT2D eigenvalue weighted by Gasteiger charge is 2.70. The quantitative estimate of drug-likeness (QED) is 0.620. The van der Waals surface area contributed by atoms with E-state index in [1.165, 1.54) is 48.2 Å². The van der Waals surface area contributed by atoms with Crippen molar-refractivity contribution in [2.75, 3.05) is 4.90 Å². The van der Waals surface area contributed by atoms with Crippen LogP contribution in [0, 0.1) is 0 Å². The molecular formula is C21H13F3N2O3S2. The number of para-hydroxylation sites is 2. The van der Waals surface area contributed by atoms with E-state index in [-0.39, 0.29) is 16.3 Å². The van der Waals surface area contributed by atoms with Crippen LogP contribution in [0.25, 0.3) is 0 Å². The summed E-state index contributed by atoms with van der Waals surface area (Å²) < 4.78 is 71.6. The van der Waals surface area contributed by atoms with Crippen molar-refractivity contribution in [3.8, 4) is 0 Å². The van der Waals surface area contributed by atoms with Crippen LogP contribution in [0.2, 0.25) is 0 Å². The molecule has 2 aliphatic rings. The van der Waals surface area contributed by atoms with E-state index in [9.17, 15) is 26.4 Å². The minimum absolute atomic E-state index is 0.0456. The zero-order chi connectivity index (χ0) is 22.0. The molecule has 0 aromatic heterocycles. The number of rotatable bonds is 3. The van der Waals surface area contributed by atoms with Crippen molar-refractivity contribution >= 4 is 39.1 Å². The average molecular weight is 462 g/mol. The molecule has 0 bridgehead atoms. The van der Waals surface area contributed by atoms with Gasteiger partial charge in [-0.25, -0.2) is 8.42 Å². The molecule has 1 N–H and O–H groups in total. The summed E-state index contributed by atoms with van der Waals surface area (Å²) in [6.07, 6.45) is -5.24. The number of benzene rings is 3. The molecule has 0 saturated carbocycles. The molecule has 0 spiro atoms. The second kappa shape index (κ2) is 6.59. The predicted molar refractivity (Wildman–Crippen MR) is 109 cm³/mol. The fourth-order valence-corrected chi connectivity index (χ4v) is 6.33. The van der Waals surface area contributed by atoms with Crippen LogP contribution in [0.3, 0.4) is 0 Å². The molecule has 0 fully saturated rings. The third kappa shape index (κ3) is 2.75. The number of anilines is 2. The number of fused-ring (bicyclic) bond motifs is 2. The lowest BCUT2D eigenvalue weighted by molar-refractivity contribution is -0.194. The van der Waals surface area contributed by atoms with E-state index in [1.807, 2.05) is 0 Å². The van der Waals surface area contributed by atoms with Gasteiger partial charge in [0.25, 0.3) is 5.91 Å². The van der Waals surface area contributed by atoms with Gasteiger partial charge in [0.1, 0.15) is 0 Å². The third-order valence-corrected chi connectivity index (χ3v) is 7.82. The summed E-state index contributed by atoms with van der Waals surface area (Å²) in [5.41, 5.74) is -3.57. The predicted octanol–water partition coefficient (Wildman–Crippen LogP) is 4.57. The van der Waals surface area contributed by atoms with Crippen molar-refractivity contribution in [1.29, 1.82) is 0 Å². The second-order valence-electron chi connectivity index (χ2n) is 7.03. The number of halogens is 3. The fraction of sp³-hybridized carbons (Fsp3) is 0.0952. The van der Waals surface area contributed by atoms with Gasteiger partial charge < -0.3 is 0 Å². The highest BCUT2D eigenvalue weighted by Crippen LogP contribution is 2.59. The first-order valence-corrected chi connectivity index (χ1v) is 11.4. The van der Waals surface area contributed by atoms with Crippen LogP contribution in [0.5, 0.6) is 0 Å². The number of nitrogens with zero attached hydrogens (tertiary/aromatic N) is 1. The molecule has 5 nitrogen and oxygen atoms in total. The Kier molecular flexibility index (Phi) is 4.27. The molecule has 0 aliphatic carbocycles. The van der Waals surface area contributed by atoms with Crippen LogP contribution in [-0.4, -0.2) is 20.5 Å². The number of carbonyl (C=O) groups is 1. The van der Waals surface area contributed by atoms with Crippen LogP contribution >= 0.6 is 11.8 Å². The van der Waals surface area contributed by atoms with Crippen LogP contribution in [0.15, 0.2) is 87.5 Å². The molecule has 5 rings (SSSR count). The maximum Gasteiger partial charge on any atom is 0.421 e. The maximum atomic E-state index is 14.6. The molecule has 1 atom stereocenters. The van der Waals surface area contributed by atoms with Crippen LogP contribution in [-0.2, 0) is 20.4 Å². The van der Waals surface area contributed by atoms with Gasteiger partial charge in [0.15, 0.2) is 0 Å². The fourth-order valence-electron chi connectivity index (χ4n) is 3.89. The smallest absolute Gasteiger partial charge is 0.276 e. The van der Waals surface area contributed by atoms with Gasteiger partial charge in [-0.3, -0.25) is 9.69 Å². The molecular weight excluding hydrogens is 449 g/mol. The summed E-state index contributed by atoms with van der Waals surface area (Å²) in [6.45, 7) is 0. The molecule has 10 heteroatoms. The number of sulfonamides is 1. The van der Waals surface area contributed by atoms with Gasteiger partial charge in [-0.2, -0.15) is 17.9 Å². The molecule has 0 radical (unpaired) electrons. The first kappa shape index (κ1) is 20.1. The molecule has 158 valence electrons. The van der Waals surface area contributed by atoms with Crippen molar-refractivity contribution in [2.45, 2.75) is 26.4 Å². The molecule has 2 aliphatic heterocycles. The van der Waals surface area contributed by atoms with Gasteiger partial charge in [0.2, 0.25) is 15.6 Å². The van der Waals surface area contributed by atoms with E-state index in [0.29, 0.717) is 9.79 Å². The molecule has 3 aromatic carbocycles. The van der Waals surface area contributed by atoms with Crippen molar-refractivity contribution in [2.24, 2.45) is 0 Å². The van der Waals surface area contributed by atoms with Gasteiger partial charge in [-0.1, -0.05) is 54.2 Å². The Bertz CT molecular complexity index is 1330. The van der Waals surface area contributed by atoms with Gasteiger partial charge in [-0.15, -0.1) is 0 Å². The Morgan fingerprint density at radius 1 is 0.871 bits per heavy atom. The van der Waals surface area contributed by atoms with Crippen molar-refractivity contribution in [3.05, 3.63) is 78.4 Å². The third-order valence-electron chi connectivity index (χ3n) is 5.24. The summed E-state index contributed by atoms with van der Waals surface area (Å²) >= 11 is 1.23. The Labute approximate surface area is 179 Å². The lowest BCUT2D eigenvalue weighted by Crippen LogP contribution is -2.61. The van der Waals surface area contributed by atoms with E-state index in [2.05, 4.69) is 0 Å². The van der Waals surface area contributed by atoms with E-state index in [0.717, 1.165) is 11.0 Å². The van der Waals surface area contributed by atoms with E-state index >= 15 is 0 Å². The topological polar surface area (TPSA) is 66.5 Å². The van der Waals surface area contributed by atoms with E-state index in [4.69, 9.17) is 0 Å². The molecule has 1 amide bonds. The second-order valence-corrected chi connectivity index (χ2v) is 9.80. The zero-order valence-electron chi connectivity index (χ0n) is 15.6. The highest BCUT2D eigenvalue weighted by atomic mass is 32.2. The monoisotopic (exact) mass is 462 g/mol. The Morgan fingerprint density at radius 3 is 2.23 bits per heavy atom. The van der Waals surface area contributed by atoms with Gasteiger partial charge in [0.05, 0.1) is 16.3 Å². The summed E-state index contributed by atoms with van der Waals surface area (Å²) in [7, 11) is -4.69. The van der Waals surface area contributed by atoms with Gasteiger partial charge >= 0.3 is 6.18 Å². The van der Waals surface area contributed by atoms with Crippen LogP contribution in [0.1, 0.15) is 5.56 Å². The van der Waals surface area contributed by atoms with Gasteiger partial charge in [-0.05, 0) is 30.3 Å². The molecule has 2 heterocycles. The van der Waals surface area contributed by atoms with Crippen LogP contribution in [0.4, 0.5) is 24.5 Å². The summed E-state index contributed by atoms with van der Waals surface area (Å²) in [6, 6.07) is 17.4. The Balaban J connectivity index is 1.77. The van der Waals surface area contributed by atoms with E-state index < -0.39 is 33.2 Å². The lowest BCUT2D eigenvalue weighted by Gasteiger charge is -2.32.